The van der Waals surface area contributed by atoms with Gasteiger partial charge in [0, 0.05) is 188 Å². The minimum absolute atomic E-state index is 0.439. The first kappa shape index (κ1) is 123. The fourth-order valence-electron chi connectivity index (χ4n) is 17.5. The lowest BCUT2D eigenvalue weighted by Gasteiger charge is -2.30. The third kappa shape index (κ3) is 61.9. The molecule has 2 aromatic carbocycles. The summed E-state index contributed by atoms with van der Waals surface area (Å²) in [5.74, 6) is 7.78. The first-order valence-electron chi connectivity index (χ1n) is 52.6. The van der Waals surface area contributed by atoms with E-state index in [0.717, 1.165) is 177 Å². The van der Waals surface area contributed by atoms with Crippen molar-refractivity contribution in [1.82, 2.24) is 29.4 Å². The minimum Gasteiger partial charge on any atom is -0.381 e. The summed E-state index contributed by atoms with van der Waals surface area (Å²) in [6.45, 7) is 98.0. The standard InChI is InChI=1S/2C11H21FN2.2C11H15N.2C10H19NO.2C9H18O.2C5H10O.8C2H6/c2*1-10-2-4-13(8-10)6-7-14-5-3-11(12)9-14;2*1-10-7-8-12(9-10)11-5-3-2-4-6-11;1-9-2-5-11(8-9)10-3-6-12-7-4-10;1-9-2-4-11(6-9)7-10-3-5-12-8-10;2*1-9(2,3)7-8-5-4-6-10-8;2*1-5-2-3-6-4-5;8*1-2/h2*10-11H,2-9H2,1H3;2*2-6,10H,7-9H2,1H3;2*9-10H,2-8H2,1H3;2*8H,4-7H2,1-3H3;2*5H,2-4H2,1H3;8*1-2H3/t10-,11+;10-,11-;2*10-;9-;9-,10?;2*8-;2*5-;;;;;;;;/m0110111010......../s1. The van der Waals surface area contributed by atoms with Crippen molar-refractivity contribution in [3.05, 3.63) is 60.7 Å². The maximum Gasteiger partial charge on any atom is 0.114 e. The lowest BCUT2D eigenvalue weighted by Crippen LogP contribution is -2.37. The molecule has 736 valence electrons. The molecule has 0 spiro atoms. The van der Waals surface area contributed by atoms with E-state index in [1.807, 2.05) is 111 Å². The van der Waals surface area contributed by atoms with Crippen LogP contribution in [0.25, 0.3) is 0 Å². The van der Waals surface area contributed by atoms with E-state index in [-0.39, 0.29) is 0 Å². The molecule has 16 heteroatoms. The molecule has 0 aromatic heterocycles. The minimum atomic E-state index is -0.562. The van der Waals surface area contributed by atoms with Crippen molar-refractivity contribution in [2.24, 2.45) is 64.1 Å². The van der Waals surface area contributed by atoms with Crippen molar-refractivity contribution >= 4 is 11.4 Å². The van der Waals surface area contributed by atoms with Crippen LogP contribution in [0.1, 0.15) is 330 Å². The Labute approximate surface area is 772 Å². The highest BCUT2D eigenvalue weighted by Crippen LogP contribution is 2.31. The highest BCUT2D eigenvalue weighted by atomic mass is 19.1. The molecule has 0 radical (unpaired) electrons. The number of para-hydroxylation sites is 2. The predicted octanol–water partition coefficient (Wildman–Crippen LogP) is 26.2. The van der Waals surface area contributed by atoms with Crippen LogP contribution >= 0.6 is 0 Å². The van der Waals surface area contributed by atoms with Crippen LogP contribution in [0.15, 0.2) is 60.7 Å². The molecule has 124 heavy (non-hydrogen) atoms. The van der Waals surface area contributed by atoms with Gasteiger partial charge in [-0.25, -0.2) is 8.78 Å². The summed E-state index contributed by atoms with van der Waals surface area (Å²) in [6, 6.07) is 22.2. The molecule has 0 saturated carbocycles. The Morgan fingerprint density at radius 1 is 0.298 bits per heavy atom. The summed E-state index contributed by atoms with van der Waals surface area (Å²) in [4.78, 5) is 19.7. The Morgan fingerprint density at radius 3 is 0.871 bits per heavy atom. The number of nitrogens with zero attached hydrogens (tertiary/aromatic N) is 8. The molecule has 14 saturated heterocycles. The third-order valence-corrected chi connectivity index (χ3v) is 24.3. The lowest BCUT2D eigenvalue weighted by molar-refractivity contribution is 0.0413. The summed E-state index contributed by atoms with van der Waals surface area (Å²) >= 11 is 0. The first-order valence-corrected chi connectivity index (χ1v) is 52.6. The smallest absolute Gasteiger partial charge is 0.114 e. The van der Waals surface area contributed by atoms with Gasteiger partial charge in [-0.05, 0) is 237 Å². The molecule has 14 aliphatic heterocycles. The Bertz CT molecular complexity index is 2340. The topological polar surface area (TPSA) is 81.3 Å². The van der Waals surface area contributed by atoms with Crippen LogP contribution in [0.2, 0.25) is 0 Å². The molecule has 0 N–H and O–H groups in total. The molecule has 14 fully saturated rings. The fourth-order valence-corrected chi connectivity index (χ4v) is 17.5. The summed E-state index contributed by atoms with van der Waals surface area (Å²) in [5, 5.41) is 0. The van der Waals surface area contributed by atoms with Crippen molar-refractivity contribution in [3.8, 4) is 0 Å². The van der Waals surface area contributed by atoms with Gasteiger partial charge in [0.25, 0.3) is 0 Å². The molecule has 1 unspecified atom stereocenters. The van der Waals surface area contributed by atoms with Gasteiger partial charge in [0.2, 0.25) is 0 Å². The normalized spacial score (nSPS) is 27.6. The molecule has 14 heterocycles. The Balaban J connectivity index is 0. The Hall–Kier alpha value is -2.58. The zero-order valence-electron chi connectivity index (χ0n) is 88.0. The summed E-state index contributed by atoms with van der Waals surface area (Å²) in [6.07, 6.45) is 23.5. The monoisotopic (exact) mass is 1760 g/mol. The first-order chi connectivity index (χ1) is 59.8. The van der Waals surface area contributed by atoms with E-state index in [2.05, 4.69) is 197 Å². The Kier molecular flexibility index (Phi) is 78.7. The zero-order valence-corrected chi connectivity index (χ0v) is 88.0. The van der Waals surface area contributed by atoms with Gasteiger partial charge in [-0.15, -0.1) is 0 Å². The van der Waals surface area contributed by atoms with Gasteiger partial charge in [0.15, 0.2) is 0 Å². The van der Waals surface area contributed by atoms with Crippen molar-refractivity contribution in [2.45, 2.75) is 360 Å². The van der Waals surface area contributed by atoms with E-state index in [9.17, 15) is 8.78 Å². The molecule has 14 aliphatic rings. The van der Waals surface area contributed by atoms with Gasteiger partial charge in [0.05, 0.1) is 18.8 Å². The largest absolute Gasteiger partial charge is 0.381 e. The number of hydrogen-bond donors (Lipinski definition) is 0. The van der Waals surface area contributed by atoms with E-state index >= 15 is 0 Å². The SMILES string of the molecule is CC.CC.CC.CC.CC.CC.CC.CC.CC(C)(C)C[C@@H]1CCCO1.CC(C)(C)C[C@H]1CCCO1.C[C@@H]1CCN(C2CCOCC2)C1.C[C@@H]1CCN(CC2CCOC2)C1.C[C@@H]1CCN(CCN2CC[C@@H](F)C2)C1.C[C@@H]1CCN(c2ccccc2)C1.C[C@@H]1CCOC1.C[C@H]1CCN(CCN2CC[C@@H](F)C2)C1.C[C@H]1CCN(c2ccccc2)C1.C[C@H]1CCOC1. The maximum atomic E-state index is 12.9. The molecule has 0 bridgehead atoms. The van der Waals surface area contributed by atoms with E-state index in [1.165, 1.54) is 206 Å². The molecule has 16 rings (SSSR count). The molecule has 0 amide bonds. The summed E-state index contributed by atoms with van der Waals surface area (Å²) < 4.78 is 57.7. The summed E-state index contributed by atoms with van der Waals surface area (Å²) in [5.41, 5.74) is 3.63. The van der Waals surface area contributed by atoms with Crippen LogP contribution in [0.3, 0.4) is 0 Å². The third-order valence-electron chi connectivity index (χ3n) is 24.3. The van der Waals surface area contributed by atoms with E-state index in [0.29, 0.717) is 36.1 Å². The number of rotatable bonds is 13. The van der Waals surface area contributed by atoms with Crippen molar-refractivity contribution < 1.29 is 37.2 Å². The quantitative estimate of drug-likeness (QED) is 0.191. The number of likely N-dealkylation sites (tertiary alicyclic amines) is 6. The van der Waals surface area contributed by atoms with Crippen LogP contribution in [0, 0.1) is 64.1 Å². The van der Waals surface area contributed by atoms with Crippen molar-refractivity contribution in [1.29, 1.82) is 0 Å². The van der Waals surface area contributed by atoms with Crippen molar-refractivity contribution in [2.75, 3.05) is 213 Å². The van der Waals surface area contributed by atoms with Crippen LogP contribution in [-0.4, -0.2) is 264 Å². The van der Waals surface area contributed by atoms with E-state index in [1.54, 1.807) is 0 Å². The summed E-state index contributed by atoms with van der Waals surface area (Å²) in [7, 11) is 0. The van der Waals surface area contributed by atoms with Gasteiger partial charge in [-0.2, -0.15) is 0 Å². The fraction of sp³-hybridized carbons (Fsp3) is 0.889. The molecule has 14 nitrogen and oxygen atoms in total. The van der Waals surface area contributed by atoms with Gasteiger partial charge in [-0.3, -0.25) is 14.7 Å². The predicted molar refractivity (Wildman–Crippen MR) is 542 cm³/mol. The van der Waals surface area contributed by atoms with Gasteiger partial charge in [0.1, 0.15) is 12.3 Å². The highest BCUT2D eigenvalue weighted by Gasteiger charge is 2.31. The molecule has 0 aliphatic carbocycles. The molecule has 13 atom stereocenters. The van der Waals surface area contributed by atoms with E-state index in [4.69, 9.17) is 28.4 Å². The van der Waals surface area contributed by atoms with Crippen LogP contribution in [0.4, 0.5) is 20.2 Å². The van der Waals surface area contributed by atoms with Crippen molar-refractivity contribution in [3.63, 3.8) is 0 Å². The molecular weight excluding hydrogens is 1540 g/mol. The van der Waals surface area contributed by atoms with Gasteiger partial charge in [-0.1, -0.05) is 244 Å². The number of benzene rings is 2. The molecule has 2 aromatic rings. The number of alkyl halides is 2. The second-order valence-corrected chi connectivity index (χ2v) is 38.5. The number of ether oxygens (including phenoxy) is 6. The lowest BCUT2D eigenvalue weighted by atomic mass is 9.88. The van der Waals surface area contributed by atoms with E-state index < -0.39 is 12.3 Å². The molecular formula is C108H214F2N8O6. The number of halogens is 2. The number of anilines is 2. The second kappa shape index (κ2) is 79.0. The van der Waals surface area contributed by atoms with Crippen LogP contribution in [-0.2, 0) is 28.4 Å². The van der Waals surface area contributed by atoms with Crippen LogP contribution in [0.5, 0.6) is 0 Å². The Morgan fingerprint density at radius 2 is 0.613 bits per heavy atom. The average Bonchev–Trinajstić information content (AvgIpc) is 1.75. The van der Waals surface area contributed by atoms with Gasteiger partial charge < -0.3 is 52.9 Å². The second-order valence-electron chi connectivity index (χ2n) is 38.5. The zero-order chi connectivity index (χ0) is 93.5. The average molecular weight is 1760 g/mol. The van der Waals surface area contributed by atoms with Gasteiger partial charge >= 0.3 is 0 Å². The highest BCUT2D eigenvalue weighted by molar-refractivity contribution is 5.47. The maximum absolute atomic E-state index is 12.9. The number of hydrogen-bond acceptors (Lipinski definition) is 14. The van der Waals surface area contributed by atoms with Crippen LogP contribution < -0.4 is 9.80 Å².